The maximum Gasteiger partial charge on any atom is 0.265 e. The molecule has 1 aliphatic rings. The van der Waals surface area contributed by atoms with E-state index in [9.17, 15) is 4.79 Å². The fourth-order valence-electron chi connectivity index (χ4n) is 2.59. The Morgan fingerprint density at radius 1 is 1.18 bits per heavy atom. The van der Waals surface area contributed by atoms with Crippen molar-refractivity contribution in [2.24, 2.45) is 0 Å². The van der Waals surface area contributed by atoms with Crippen LogP contribution in [0.3, 0.4) is 0 Å². The van der Waals surface area contributed by atoms with Crippen LogP contribution in [0.2, 0.25) is 0 Å². The first-order chi connectivity index (χ1) is 10.5. The van der Waals surface area contributed by atoms with Gasteiger partial charge in [-0.05, 0) is 43.7 Å². The Hall–Kier alpha value is -1.85. The molecule has 0 radical (unpaired) electrons. The van der Waals surface area contributed by atoms with E-state index in [1.54, 1.807) is 7.05 Å². The van der Waals surface area contributed by atoms with Gasteiger partial charge < -0.3 is 4.57 Å². The summed E-state index contributed by atoms with van der Waals surface area (Å²) in [5, 5.41) is 0. The Balaban J connectivity index is 2.05. The third kappa shape index (κ3) is 2.51. The van der Waals surface area contributed by atoms with Gasteiger partial charge in [0, 0.05) is 24.1 Å². The van der Waals surface area contributed by atoms with Crippen LogP contribution < -0.4 is 0 Å². The van der Waals surface area contributed by atoms with E-state index in [4.69, 9.17) is 12.2 Å². The largest absolute Gasteiger partial charge is 0.318 e. The van der Waals surface area contributed by atoms with Crippen LogP contribution in [0.15, 0.2) is 41.3 Å². The smallest absolute Gasteiger partial charge is 0.265 e. The first kappa shape index (κ1) is 15.1. The highest BCUT2D eigenvalue weighted by atomic mass is 32.2. The van der Waals surface area contributed by atoms with Crippen molar-refractivity contribution in [1.29, 1.82) is 0 Å². The zero-order valence-corrected chi connectivity index (χ0v) is 14.3. The summed E-state index contributed by atoms with van der Waals surface area (Å²) in [7, 11) is 1.71. The molecule has 3 nitrogen and oxygen atoms in total. The summed E-state index contributed by atoms with van der Waals surface area (Å²) in [6.45, 7) is 4.14. The summed E-state index contributed by atoms with van der Waals surface area (Å²) < 4.78 is 2.80. The Morgan fingerprint density at radius 2 is 1.86 bits per heavy atom. The molecule has 0 spiro atoms. The molecule has 2 aromatic rings. The van der Waals surface area contributed by atoms with Crippen LogP contribution in [0, 0.1) is 13.8 Å². The SMILES string of the molecule is Cc1cc(/C=C2\SC(=S)N(C)C2=O)c(C)n1-c1ccccc1. The molecule has 0 atom stereocenters. The van der Waals surface area contributed by atoms with Crippen molar-refractivity contribution in [2.45, 2.75) is 13.8 Å². The molecule has 1 fully saturated rings. The molecule has 1 aromatic carbocycles. The highest BCUT2D eigenvalue weighted by molar-refractivity contribution is 8.26. The average molecular weight is 328 g/mol. The third-order valence-corrected chi connectivity index (χ3v) is 5.24. The first-order valence-electron chi connectivity index (χ1n) is 6.95. The minimum Gasteiger partial charge on any atom is -0.318 e. The molecule has 5 heteroatoms. The molecule has 3 rings (SSSR count). The van der Waals surface area contributed by atoms with Crippen molar-refractivity contribution in [3.05, 3.63) is 58.3 Å². The van der Waals surface area contributed by atoms with Crippen LogP contribution >= 0.6 is 24.0 Å². The van der Waals surface area contributed by atoms with Gasteiger partial charge in [0.15, 0.2) is 0 Å². The number of aryl methyl sites for hydroxylation is 1. The van der Waals surface area contributed by atoms with Gasteiger partial charge in [0.2, 0.25) is 0 Å². The fraction of sp³-hybridized carbons (Fsp3) is 0.176. The zero-order chi connectivity index (χ0) is 15.9. The predicted octanol–water partition coefficient (Wildman–Crippen LogP) is 3.93. The van der Waals surface area contributed by atoms with E-state index in [1.165, 1.54) is 16.7 Å². The third-order valence-electron chi connectivity index (χ3n) is 3.76. The number of thioether (sulfide) groups is 1. The van der Waals surface area contributed by atoms with Crippen LogP contribution in [0.1, 0.15) is 17.0 Å². The Bertz CT molecular complexity index is 790. The molecule has 112 valence electrons. The quantitative estimate of drug-likeness (QED) is 0.617. The molecule has 1 aromatic heterocycles. The molecule has 0 N–H and O–H groups in total. The van der Waals surface area contributed by atoms with Crippen molar-refractivity contribution in [2.75, 3.05) is 7.05 Å². The van der Waals surface area contributed by atoms with Crippen LogP contribution in [0.25, 0.3) is 11.8 Å². The lowest BCUT2D eigenvalue weighted by molar-refractivity contribution is -0.121. The van der Waals surface area contributed by atoms with E-state index >= 15 is 0 Å². The monoisotopic (exact) mass is 328 g/mol. The molecule has 0 bridgehead atoms. The summed E-state index contributed by atoms with van der Waals surface area (Å²) >= 11 is 6.53. The lowest BCUT2D eigenvalue weighted by Gasteiger charge is -2.09. The van der Waals surface area contributed by atoms with Gasteiger partial charge in [-0.2, -0.15) is 0 Å². The molecule has 0 unspecified atom stereocenters. The number of hydrogen-bond acceptors (Lipinski definition) is 3. The molecule has 1 aliphatic heterocycles. The predicted molar refractivity (Wildman–Crippen MR) is 96.2 cm³/mol. The van der Waals surface area contributed by atoms with Crippen molar-refractivity contribution in [3.63, 3.8) is 0 Å². The van der Waals surface area contributed by atoms with Gasteiger partial charge in [-0.25, -0.2) is 0 Å². The number of nitrogens with zero attached hydrogens (tertiary/aromatic N) is 2. The van der Waals surface area contributed by atoms with Crippen molar-refractivity contribution in [3.8, 4) is 5.69 Å². The summed E-state index contributed by atoms with van der Waals surface area (Å²) in [5.74, 6) is -0.0282. The second-order valence-corrected chi connectivity index (χ2v) is 6.91. The maximum absolute atomic E-state index is 12.1. The van der Waals surface area contributed by atoms with Crippen LogP contribution in [-0.2, 0) is 4.79 Å². The van der Waals surface area contributed by atoms with Gasteiger partial charge in [0.25, 0.3) is 5.91 Å². The number of thiocarbonyl (C=S) groups is 1. The topological polar surface area (TPSA) is 25.2 Å². The first-order valence-corrected chi connectivity index (χ1v) is 8.17. The normalized spacial score (nSPS) is 16.9. The summed E-state index contributed by atoms with van der Waals surface area (Å²) in [6, 6.07) is 12.3. The van der Waals surface area contributed by atoms with Gasteiger partial charge in [0.05, 0.1) is 4.91 Å². The Labute approximate surface area is 139 Å². The number of carbonyl (C=O) groups is 1. The number of aromatic nitrogens is 1. The minimum atomic E-state index is -0.0282. The van der Waals surface area contributed by atoms with E-state index < -0.39 is 0 Å². The van der Waals surface area contributed by atoms with Gasteiger partial charge in [-0.1, -0.05) is 42.2 Å². The minimum absolute atomic E-state index is 0.0282. The van der Waals surface area contributed by atoms with Crippen molar-refractivity contribution >= 4 is 40.3 Å². The van der Waals surface area contributed by atoms with Gasteiger partial charge >= 0.3 is 0 Å². The second-order valence-electron chi connectivity index (χ2n) is 5.24. The number of rotatable bonds is 2. The van der Waals surface area contributed by atoms with Crippen LogP contribution in [0.4, 0.5) is 0 Å². The number of benzene rings is 1. The highest BCUT2D eigenvalue weighted by Crippen LogP contribution is 2.33. The van der Waals surface area contributed by atoms with E-state index in [2.05, 4.69) is 36.6 Å². The van der Waals surface area contributed by atoms with Gasteiger partial charge in [-0.3, -0.25) is 9.69 Å². The molecular formula is C17H16N2OS2. The van der Waals surface area contributed by atoms with Gasteiger partial charge in [0.1, 0.15) is 4.32 Å². The Morgan fingerprint density at radius 3 is 2.45 bits per heavy atom. The molecule has 1 saturated heterocycles. The summed E-state index contributed by atoms with van der Waals surface area (Å²) in [5.41, 5.74) is 4.43. The standard InChI is InChI=1S/C17H16N2OS2/c1-11-9-13(10-15-16(20)18(3)17(21)22-15)12(2)19(11)14-7-5-4-6-8-14/h4-10H,1-3H3/b15-10-. The van der Waals surface area contributed by atoms with Crippen LogP contribution in [0.5, 0.6) is 0 Å². The maximum atomic E-state index is 12.1. The van der Waals surface area contributed by atoms with E-state index in [-0.39, 0.29) is 5.91 Å². The molecular weight excluding hydrogens is 312 g/mol. The average Bonchev–Trinajstić information content (AvgIpc) is 2.92. The number of amides is 1. The molecule has 0 aliphatic carbocycles. The fourth-order valence-corrected chi connectivity index (χ4v) is 3.77. The zero-order valence-electron chi connectivity index (χ0n) is 12.7. The number of hydrogen-bond donors (Lipinski definition) is 0. The molecule has 22 heavy (non-hydrogen) atoms. The number of para-hydroxylation sites is 1. The van der Waals surface area contributed by atoms with Gasteiger partial charge in [-0.15, -0.1) is 0 Å². The van der Waals surface area contributed by atoms with Crippen molar-refractivity contribution < 1.29 is 4.79 Å². The Kier molecular flexibility index (Phi) is 3.93. The number of carbonyl (C=O) groups excluding carboxylic acids is 1. The van der Waals surface area contributed by atoms with E-state index in [0.717, 1.165) is 22.6 Å². The highest BCUT2D eigenvalue weighted by Gasteiger charge is 2.29. The molecule has 2 heterocycles. The summed E-state index contributed by atoms with van der Waals surface area (Å²) in [6.07, 6.45) is 1.94. The second kappa shape index (κ2) is 5.74. The number of likely N-dealkylation sites (N-methyl/N-ethyl adjacent to an activating group) is 1. The lowest BCUT2D eigenvalue weighted by Crippen LogP contribution is -2.22. The van der Waals surface area contributed by atoms with E-state index in [0.29, 0.717) is 9.23 Å². The lowest BCUT2D eigenvalue weighted by atomic mass is 10.2. The van der Waals surface area contributed by atoms with Crippen LogP contribution in [-0.4, -0.2) is 26.7 Å². The molecule has 0 saturated carbocycles. The summed E-state index contributed by atoms with van der Waals surface area (Å²) in [4.78, 5) is 14.3. The van der Waals surface area contributed by atoms with E-state index in [1.807, 2.05) is 24.3 Å². The molecule has 1 amide bonds. The van der Waals surface area contributed by atoms with Crippen molar-refractivity contribution in [1.82, 2.24) is 9.47 Å².